The summed E-state index contributed by atoms with van der Waals surface area (Å²) in [5, 5.41) is 21.1. The van der Waals surface area contributed by atoms with E-state index >= 15 is 4.39 Å². The summed E-state index contributed by atoms with van der Waals surface area (Å²) in [4.78, 5) is 26.4. The molecule has 0 radical (unpaired) electrons. The van der Waals surface area contributed by atoms with Crippen molar-refractivity contribution in [2.75, 3.05) is 12.4 Å². The lowest BCUT2D eigenvalue weighted by Gasteiger charge is -2.30. The quantitative estimate of drug-likeness (QED) is 0.250. The fourth-order valence-electron chi connectivity index (χ4n) is 4.71. The van der Waals surface area contributed by atoms with Crippen LogP contribution in [-0.4, -0.2) is 30.1 Å². The normalized spacial score (nSPS) is 14.8. The summed E-state index contributed by atoms with van der Waals surface area (Å²) in [7, 11) is 1.48. The fraction of sp³-hybridized carbons (Fsp3) is 0.385. The second-order valence-corrected chi connectivity index (χ2v) is 9.49. The number of hydrogen-bond donors (Lipinski definition) is 2. The van der Waals surface area contributed by atoms with E-state index in [1.54, 1.807) is 13.0 Å². The summed E-state index contributed by atoms with van der Waals surface area (Å²) < 4.78 is 25.6. The van der Waals surface area contributed by atoms with Crippen molar-refractivity contribution in [1.29, 1.82) is 0 Å². The average Bonchev–Trinajstić information content (AvgIpc) is 3.35. The fourth-order valence-corrected chi connectivity index (χ4v) is 5.02. The maximum Gasteiger partial charge on any atom is 0.294 e. The van der Waals surface area contributed by atoms with Gasteiger partial charge in [0.25, 0.3) is 11.1 Å². The number of carbonyl (C=O) groups is 2. The molecule has 11 heteroatoms. The predicted octanol–water partition coefficient (Wildman–Crippen LogP) is 4.54. The van der Waals surface area contributed by atoms with Gasteiger partial charge in [0, 0.05) is 24.4 Å². The number of pyridine rings is 1. The van der Waals surface area contributed by atoms with Gasteiger partial charge in [-0.15, -0.1) is 0 Å². The van der Waals surface area contributed by atoms with Crippen molar-refractivity contribution in [2.45, 2.75) is 51.7 Å². The summed E-state index contributed by atoms with van der Waals surface area (Å²) in [6.07, 6.45) is 7.00. The molecule has 4 rings (SSSR count). The van der Waals surface area contributed by atoms with Gasteiger partial charge in [-0.25, -0.2) is 4.39 Å². The summed E-state index contributed by atoms with van der Waals surface area (Å²) in [6.45, 7) is 1.81. The molecule has 2 N–H and O–H groups in total. The lowest BCUT2D eigenvalue weighted by atomic mass is 9.83. The number of nitrogens with zero attached hydrogens (tertiary/aromatic N) is 2. The Balaban J connectivity index is 1.56. The van der Waals surface area contributed by atoms with Crippen LogP contribution in [0.25, 0.3) is 11.1 Å². The Morgan fingerprint density at radius 1 is 1.30 bits per heavy atom. The molecule has 0 bridgehead atoms. The zero-order chi connectivity index (χ0) is 26.5. The van der Waals surface area contributed by atoms with Crippen LogP contribution in [0.15, 0.2) is 41.2 Å². The second kappa shape index (κ2) is 11.7. The average molecular weight is 531 g/mol. The van der Waals surface area contributed by atoms with Crippen LogP contribution in [0.1, 0.15) is 53.7 Å². The molecule has 1 saturated carbocycles. The van der Waals surface area contributed by atoms with Crippen molar-refractivity contribution in [3.63, 3.8) is 0 Å². The number of benzene rings is 1. The number of methoxy groups -OCH3 is 1. The maximum absolute atomic E-state index is 15.1. The van der Waals surface area contributed by atoms with Crippen molar-refractivity contribution < 1.29 is 28.0 Å². The summed E-state index contributed by atoms with van der Waals surface area (Å²) >= 11 is 6.13. The van der Waals surface area contributed by atoms with E-state index in [0.29, 0.717) is 16.0 Å². The number of aromatic nitrogens is 2. The molecule has 1 aromatic carbocycles. The zero-order valence-corrected chi connectivity index (χ0v) is 21.3. The molecule has 1 aliphatic carbocycles. The molecule has 37 heavy (non-hydrogen) atoms. The van der Waals surface area contributed by atoms with Gasteiger partial charge in [-0.3, -0.25) is 9.59 Å². The van der Waals surface area contributed by atoms with Crippen LogP contribution in [0.3, 0.4) is 0 Å². The van der Waals surface area contributed by atoms with Crippen LogP contribution in [0.4, 0.5) is 10.1 Å². The molecule has 0 aliphatic heterocycles. The van der Waals surface area contributed by atoms with Crippen LogP contribution < -0.4 is 15.4 Å². The number of rotatable bonds is 8. The SMILES string of the molecule is COCc1nocc1C(=O)N[C@H](C(=O)Nc1ccc(-c2c(C)cc[n+]([O-])c2Cl)c(F)c1)C1CCCCC1. The molecule has 0 spiro atoms. The molecule has 2 amide bonds. The maximum atomic E-state index is 15.1. The lowest BCUT2D eigenvalue weighted by Crippen LogP contribution is -2.49. The first-order chi connectivity index (χ1) is 17.8. The largest absolute Gasteiger partial charge is 0.618 e. The number of hydrogen-bond acceptors (Lipinski definition) is 6. The number of aryl methyl sites for hydroxylation is 1. The number of anilines is 1. The standard InChI is InChI=1S/C26H28ClFN4O5/c1-15-10-11-32(35)24(27)22(15)18-9-8-17(12-20(18)28)29-26(34)23(16-6-4-3-5-7-16)30-25(33)19-13-37-31-21(19)14-36-2/h8-13,16,23H,3-7,14H2,1-2H3,(H,29,34)(H,30,33)/t23-/m0/s1. The van der Waals surface area contributed by atoms with Gasteiger partial charge in [0.05, 0.1) is 12.2 Å². The molecular formula is C26H28ClFN4O5. The highest BCUT2D eigenvalue weighted by Gasteiger charge is 2.32. The van der Waals surface area contributed by atoms with Crippen LogP contribution >= 0.6 is 11.6 Å². The second-order valence-electron chi connectivity index (χ2n) is 9.13. The van der Waals surface area contributed by atoms with E-state index in [9.17, 15) is 14.8 Å². The highest BCUT2D eigenvalue weighted by molar-refractivity contribution is 6.31. The smallest absolute Gasteiger partial charge is 0.294 e. The number of ether oxygens (including phenoxy) is 1. The minimum Gasteiger partial charge on any atom is -0.618 e. The van der Waals surface area contributed by atoms with Crippen LogP contribution in [-0.2, 0) is 16.1 Å². The first-order valence-corrected chi connectivity index (χ1v) is 12.4. The van der Waals surface area contributed by atoms with E-state index in [1.807, 2.05) is 0 Å². The van der Waals surface area contributed by atoms with Gasteiger partial charge in [-0.05, 0) is 61.0 Å². The van der Waals surface area contributed by atoms with Crippen LogP contribution in [0.2, 0.25) is 5.15 Å². The van der Waals surface area contributed by atoms with Gasteiger partial charge >= 0.3 is 0 Å². The van der Waals surface area contributed by atoms with Crippen molar-refractivity contribution >= 4 is 29.1 Å². The van der Waals surface area contributed by atoms with Crippen LogP contribution in [0.5, 0.6) is 0 Å². The summed E-state index contributed by atoms with van der Waals surface area (Å²) in [5.41, 5.74) is 1.79. The number of nitrogens with one attached hydrogen (secondary N) is 2. The van der Waals surface area contributed by atoms with Crippen molar-refractivity contribution in [2.24, 2.45) is 5.92 Å². The summed E-state index contributed by atoms with van der Waals surface area (Å²) in [6, 6.07) is 4.87. The Labute approximate surface area is 218 Å². The van der Waals surface area contributed by atoms with Gasteiger partial charge < -0.3 is 25.1 Å². The van der Waals surface area contributed by atoms with Gasteiger partial charge in [-0.2, -0.15) is 4.73 Å². The molecule has 0 unspecified atom stereocenters. The lowest BCUT2D eigenvalue weighted by molar-refractivity contribution is -0.602. The highest BCUT2D eigenvalue weighted by Crippen LogP contribution is 2.32. The molecule has 0 saturated heterocycles. The minimum atomic E-state index is -0.842. The van der Waals surface area contributed by atoms with E-state index in [1.165, 1.54) is 37.8 Å². The van der Waals surface area contributed by atoms with Gasteiger partial charge in [0.2, 0.25) is 5.91 Å². The molecule has 2 heterocycles. The third-order valence-corrected chi connectivity index (χ3v) is 6.98. The third kappa shape index (κ3) is 5.91. The Morgan fingerprint density at radius 3 is 2.76 bits per heavy atom. The van der Waals surface area contributed by atoms with Gasteiger partial charge in [-0.1, -0.05) is 24.4 Å². The van der Waals surface area contributed by atoms with Gasteiger partial charge in [0.1, 0.15) is 29.4 Å². The molecule has 2 aromatic heterocycles. The van der Waals surface area contributed by atoms with E-state index < -0.39 is 23.7 Å². The van der Waals surface area contributed by atoms with E-state index in [4.69, 9.17) is 20.9 Å². The molecular weight excluding hydrogens is 503 g/mol. The first-order valence-electron chi connectivity index (χ1n) is 12.0. The topological polar surface area (TPSA) is 120 Å². The van der Waals surface area contributed by atoms with E-state index in [0.717, 1.165) is 32.1 Å². The minimum absolute atomic E-state index is 0.0779. The molecule has 1 fully saturated rings. The summed E-state index contributed by atoms with van der Waals surface area (Å²) in [5.74, 6) is -1.68. The monoisotopic (exact) mass is 530 g/mol. The molecule has 9 nitrogen and oxygen atoms in total. The molecule has 1 atom stereocenters. The highest BCUT2D eigenvalue weighted by atomic mass is 35.5. The predicted molar refractivity (Wildman–Crippen MR) is 134 cm³/mol. The van der Waals surface area contributed by atoms with Crippen molar-refractivity contribution in [3.05, 3.63) is 69.7 Å². The van der Waals surface area contributed by atoms with Crippen LogP contribution in [0, 0.1) is 23.9 Å². The molecule has 1 aliphatic rings. The Bertz CT molecular complexity index is 1290. The van der Waals surface area contributed by atoms with E-state index in [2.05, 4.69) is 15.8 Å². The third-order valence-electron chi connectivity index (χ3n) is 6.62. The first kappa shape index (κ1) is 26.6. The number of halogens is 2. The van der Waals surface area contributed by atoms with Gasteiger partial charge in [0.15, 0.2) is 6.20 Å². The Morgan fingerprint density at radius 2 is 2.05 bits per heavy atom. The number of carbonyl (C=O) groups excluding carboxylic acids is 2. The molecule has 3 aromatic rings. The Hall–Kier alpha value is -3.50. The Kier molecular flexibility index (Phi) is 8.40. The molecule has 196 valence electrons. The van der Waals surface area contributed by atoms with Crippen molar-refractivity contribution in [3.8, 4) is 11.1 Å². The zero-order valence-electron chi connectivity index (χ0n) is 20.6. The van der Waals surface area contributed by atoms with E-state index in [-0.39, 0.29) is 40.1 Å². The van der Waals surface area contributed by atoms with Crippen molar-refractivity contribution in [1.82, 2.24) is 10.5 Å². The number of amides is 2.